The Morgan fingerprint density at radius 1 is 1.60 bits per heavy atom. The molecule has 0 radical (unpaired) electrons. The molecule has 1 aliphatic heterocycles. The van der Waals surface area contributed by atoms with Gasteiger partial charge in [0.2, 0.25) is 5.91 Å². The van der Waals surface area contributed by atoms with Gasteiger partial charge < -0.3 is 14.6 Å². The Labute approximate surface area is 122 Å². The molecule has 1 aromatic rings. The van der Waals surface area contributed by atoms with Gasteiger partial charge in [-0.2, -0.15) is 0 Å². The van der Waals surface area contributed by atoms with Crippen molar-refractivity contribution in [1.29, 1.82) is 0 Å². The number of nitrogens with zero attached hydrogens (tertiary/aromatic N) is 2. The Bertz CT molecular complexity index is 521. The van der Waals surface area contributed by atoms with Gasteiger partial charge in [-0.3, -0.25) is 9.59 Å². The van der Waals surface area contributed by atoms with Crippen molar-refractivity contribution in [3.8, 4) is 0 Å². The van der Waals surface area contributed by atoms with E-state index in [2.05, 4.69) is 0 Å². The summed E-state index contributed by atoms with van der Waals surface area (Å²) < 4.78 is 1.72. The second-order valence-electron chi connectivity index (χ2n) is 5.53. The number of amides is 1. The van der Waals surface area contributed by atoms with Crippen LogP contribution in [0, 0.1) is 12.8 Å². The first-order chi connectivity index (χ1) is 9.49. The van der Waals surface area contributed by atoms with Gasteiger partial charge in [0.25, 0.3) is 0 Å². The van der Waals surface area contributed by atoms with E-state index in [4.69, 9.17) is 0 Å². The maximum Gasteiger partial charge on any atom is 0.307 e. The zero-order chi connectivity index (χ0) is 14.7. The van der Waals surface area contributed by atoms with Gasteiger partial charge in [0, 0.05) is 43.0 Å². The Kier molecular flexibility index (Phi) is 4.99. The molecule has 1 amide bonds. The minimum Gasteiger partial charge on any atom is -0.393 e. The van der Waals surface area contributed by atoms with Gasteiger partial charge in [-0.05, 0) is 26.7 Å². The number of hydrogen-bond donors (Lipinski definition) is 1. The van der Waals surface area contributed by atoms with E-state index in [0.717, 1.165) is 18.7 Å². The molecule has 0 aromatic carbocycles. The Morgan fingerprint density at radius 2 is 2.35 bits per heavy atom. The van der Waals surface area contributed by atoms with Crippen molar-refractivity contribution in [2.24, 2.45) is 5.92 Å². The van der Waals surface area contributed by atoms with E-state index < -0.39 is 0 Å². The second kappa shape index (κ2) is 6.54. The molecule has 0 saturated carbocycles. The summed E-state index contributed by atoms with van der Waals surface area (Å²) in [5.41, 5.74) is 0.961. The van der Waals surface area contributed by atoms with E-state index in [1.54, 1.807) is 11.5 Å². The molecule has 0 aliphatic carbocycles. The molecule has 2 atom stereocenters. The summed E-state index contributed by atoms with van der Waals surface area (Å²) in [7, 11) is 0. The van der Waals surface area contributed by atoms with Crippen molar-refractivity contribution < 1.29 is 9.90 Å². The smallest absolute Gasteiger partial charge is 0.307 e. The molecule has 2 heterocycles. The largest absolute Gasteiger partial charge is 0.393 e. The van der Waals surface area contributed by atoms with Crippen LogP contribution in [0.4, 0.5) is 0 Å². The predicted octanol–water partition coefficient (Wildman–Crippen LogP) is 1.23. The maximum absolute atomic E-state index is 12.1. The summed E-state index contributed by atoms with van der Waals surface area (Å²) in [6, 6.07) is 0. The van der Waals surface area contributed by atoms with Crippen LogP contribution in [-0.4, -0.2) is 39.7 Å². The first-order valence-electron chi connectivity index (χ1n) is 7.10. The average molecular weight is 298 g/mol. The number of likely N-dealkylation sites (tertiary alicyclic amines) is 1. The van der Waals surface area contributed by atoms with Crippen LogP contribution in [-0.2, 0) is 11.3 Å². The zero-order valence-electron chi connectivity index (χ0n) is 12.0. The van der Waals surface area contributed by atoms with Crippen LogP contribution in [0.25, 0.3) is 0 Å². The van der Waals surface area contributed by atoms with E-state index in [1.807, 2.05) is 17.2 Å². The van der Waals surface area contributed by atoms with Crippen LogP contribution in [0.1, 0.15) is 31.9 Å². The van der Waals surface area contributed by atoms with Gasteiger partial charge in [-0.15, -0.1) is 0 Å². The number of carbonyl (C=O) groups excluding carboxylic acids is 1. The molecule has 6 heteroatoms. The zero-order valence-corrected chi connectivity index (χ0v) is 12.9. The summed E-state index contributed by atoms with van der Waals surface area (Å²) in [6.45, 7) is 5.70. The molecule has 1 aliphatic rings. The predicted molar refractivity (Wildman–Crippen MR) is 78.9 cm³/mol. The summed E-state index contributed by atoms with van der Waals surface area (Å²) in [4.78, 5) is 25.5. The molecule has 1 aromatic heterocycles. The third-order valence-corrected chi connectivity index (χ3v) is 4.89. The lowest BCUT2D eigenvalue weighted by Gasteiger charge is -2.17. The lowest BCUT2D eigenvalue weighted by molar-refractivity contribution is -0.130. The van der Waals surface area contributed by atoms with Crippen molar-refractivity contribution in [3.05, 3.63) is 20.7 Å². The van der Waals surface area contributed by atoms with Crippen LogP contribution in [0.15, 0.2) is 10.2 Å². The summed E-state index contributed by atoms with van der Waals surface area (Å²) in [5.74, 6) is 0.342. The van der Waals surface area contributed by atoms with E-state index in [-0.39, 0.29) is 22.8 Å². The number of carbonyl (C=O) groups is 1. The van der Waals surface area contributed by atoms with Gasteiger partial charge in [0.15, 0.2) is 0 Å². The third kappa shape index (κ3) is 3.49. The number of aryl methyl sites for hydroxylation is 1. The molecule has 20 heavy (non-hydrogen) atoms. The van der Waals surface area contributed by atoms with Gasteiger partial charge >= 0.3 is 4.87 Å². The van der Waals surface area contributed by atoms with Crippen molar-refractivity contribution in [2.75, 3.05) is 13.1 Å². The highest BCUT2D eigenvalue weighted by Gasteiger charge is 2.28. The lowest BCUT2D eigenvalue weighted by Crippen LogP contribution is -2.30. The number of hydrogen-bond acceptors (Lipinski definition) is 4. The standard InChI is InChI=1S/C14H22N2O3S/c1-10-9-20-14(19)16(10)6-3-4-13(18)15-7-5-12(8-15)11(2)17/h9,11-12,17H,3-8H2,1-2H3. The second-order valence-corrected chi connectivity index (χ2v) is 6.35. The topological polar surface area (TPSA) is 62.5 Å². The van der Waals surface area contributed by atoms with Crippen molar-refractivity contribution >= 4 is 17.2 Å². The van der Waals surface area contributed by atoms with E-state index in [9.17, 15) is 14.7 Å². The number of rotatable bonds is 5. The fourth-order valence-electron chi connectivity index (χ4n) is 2.63. The molecular weight excluding hydrogens is 276 g/mol. The summed E-state index contributed by atoms with van der Waals surface area (Å²) in [6.07, 6.45) is 1.69. The van der Waals surface area contributed by atoms with Gasteiger partial charge in [-0.25, -0.2) is 0 Å². The Balaban J connectivity index is 1.78. The molecular formula is C14H22N2O3S. The molecule has 1 saturated heterocycles. The first kappa shape index (κ1) is 15.3. The first-order valence-corrected chi connectivity index (χ1v) is 7.97. The number of aromatic nitrogens is 1. The summed E-state index contributed by atoms with van der Waals surface area (Å²) in [5, 5.41) is 11.4. The highest BCUT2D eigenvalue weighted by Crippen LogP contribution is 2.20. The number of aliphatic hydroxyl groups excluding tert-OH is 1. The number of thiazole rings is 1. The Morgan fingerprint density at radius 3 is 2.90 bits per heavy atom. The quantitative estimate of drug-likeness (QED) is 0.889. The minimum absolute atomic E-state index is 0.0466. The van der Waals surface area contributed by atoms with E-state index in [1.165, 1.54) is 11.3 Å². The van der Waals surface area contributed by atoms with E-state index in [0.29, 0.717) is 25.9 Å². The normalized spacial score (nSPS) is 20.4. The van der Waals surface area contributed by atoms with Gasteiger partial charge in [0.1, 0.15) is 0 Å². The lowest BCUT2D eigenvalue weighted by atomic mass is 10.0. The third-order valence-electron chi connectivity index (χ3n) is 4.01. The van der Waals surface area contributed by atoms with Crippen molar-refractivity contribution in [3.63, 3.8) is 0 Å². The SMILES string of the molecule is Cc1csc(=O)n1CCCC(=O)N1CCC(C(C)O)C1. The van der Waals surface area contributed by atoms with Crippen molar-refractivity contribution in [1.82, 2.24) is 9.47 Å². The van der Waals surface area contributed by atoms with Crippen LogP contribution in [0.5, 0.6) is 0 Å². The fourth-order valence-corrected chi connectivity index (χ4v) is 3.39. The molecule has 0 bridgehead atoms. The number of aliphatic hydroxyl groups is 1. The molecule has 1 fully saturated rings. The molecule has 2 rings (SSSR count). The van der Waals surface area contributed by atoms with Crippen molar-refractivity contribution in [2.45, 2.75) is 45.8 Å². The van der Waals surface area contributed by atoms with Crippen LogP contribution < -0.4 is 4.87 Å². The highest BCUT2D eigenvalue weighted by molar-refractivity contribution is 7.07. The molecule has 1 N–H and O–H groups in total. The van der Waals surface area contributed by atoms with Gasteiger partial charge in [-0.1, -0.05) is 11.3 Å². The maximum atomic E-state index is 12.1. The monoisotopic (exact) mass is 298 g/mol. The Hall–Kier alpha value is -1.14. The highest BCUT2D eigenvalue weighted by atomic mass is 32.1. The summed E-state index contributed by atoms with van der Waals surface area (Å²) >= 11 is 1.20. The minimum atomic E-state index is -0.347. The molecule has 0 spiro atoms. The molecule has 112 valence electrons. The molecule has 5 nitrogen and oxygen atoms in total. The molecule has 2 unspecified atom stereocenters. The van der Waals surface area contributed by atoms with Crippen LogP contribution in [0.2, 0.25) is 0 Å². The van der Waals surface area contributed by atoms with E-state index >= 15 is 0 Å². The average Bonchev–Trinajstić information content (AvgIpc) is 3.00. The van der Waals surface area contributed by atoms with Gasteiger partial charge in [0.05, 0.1) is 6.10 Å². The fraction of sp³-hybridized carbons (Fsp3) is 0.714. The van der Waals surface area contributed by atoms with Crippen LogP contribution >= 0.6 is 11.3 Å². The van der Waals surface area contributed by atoms with Crippen LogP contribution in [0.3, 0.4) is 0 Å².